The van der Waals surface area contributed by atoms with Gasteiger partial charge < -0.3 is 20.0 Å². The van der Waals surface area contributed by atoms with Gasteiger partial charge in [-0.25, -0.2) is 0 Å². The summed E-state index contributed by atoms with van der Waals surface area (Å²) < 4.78 is 42.3. The van der Waals surface area contributed by atoms with Gasteiger partial charge in [-0.15, -0.1) is 11.3 Å². The zero-order valence-electron chi connectivity index (χ0n) is 19.1. The van der Waals surface area contributed by atoms with Crippen LogP contribution in [0.25, 0.3) is 11.1 Å². The van der Waals surface area contributed by atoms with Crippen LogP contribution in [-0.2, 0) is 11.0 Å². The Balaban J connectivity index is 0.000000497. The molecule has 35 heavy (non-hydrogen) atoms. The molecule has 2 heterocycles. The van der Waals surface area contributed by atoms with E-state index in [9.17, 15) is 23.1 Å². The van der Waals surface area contributed by atoms with Crippen molar-refractivity contribution in [3.05, 3.63) is 58.4 Å². The van der Waals surface area contributed by atoms with Gasteiger partial charge in [0.05, 0.1) is 9.77 Å². The minimum atomic E-state index is -4.61. The number of hydrogen-bond acceptors (Lipinski definition) is 6. The highest BCUT2D eigenvalue weighted by Gasteiger charge is 2.33. The maximum absolute atomic E-state index is 12.7. The first-order chi connectivity index (χ1) is 16.5. The minimum Gasteiger partial charge on any atom is -0.507 e. The smallest absolute Gasteiger partial charge is 0.419 e. The Hall–Kier alpha value is -2.40. The lowest BCUT2D eigenvalue weighted by molar-refractivity contribution is -0.138. The average Bonchev–Trinajstić information content (AvgIpc) is 3.40. The number of benzene rings is 2. The van der Waals surface area contributed by atoms with Gasteiger partial charge in [-0.1, -0.05) is 23.7 Å². The molecule has 0 atom stereocenters. The van der Waals surface area contributed by atoms with Crippen LogP contribution >= 0.6 is 34.9 Å². The Morgan fingerprint density at radius 3 is 2.40 bits per heavy atom. The van der Waals surface area contributed by atoms with Crippen molar-refractivity contribution in [3.8, 4) is 16.9 Å². The van der Waals surface area contributed by atoms with Gasteiger partial charge in [0.2, 0.25) is 5.91 Å². The number of thiophene rings is 1. The molecule has 0 unspecified atom stereocenters. The summed E-state index contributed by atoms with van der Waals surface area (Å²) in [4.78, 5) is 13.6. The Morgan fingerprint density at radius 1 is 1.11 bits per heavy atom. The quantitative estimate of drug-likeness (QED) is 0.289. The number of rotatable bonds is 5. The van der Waals surface area contributed by atoms with Gasteiger partial charge in [-0.05, 0) is 80.8 Å². The molecule has 5 nitrogen and oxygen atoms in total. The monoisotopic (exact) mass is 543 g/mol. The number of phenols is 1. The molecule has 188 valence electrons. The molecule has 0 saturated carbocycles. The van der Waals surface area contributed by atoms with E-state index in [0.717, 1.165) is 39.4 Å². The van der Waals surface area contributed by atoms with Gasteiger partial charge in [0.25, 0.3) is 0 Å². The van der Waals surface area contributed by atoms with Crippen molar-refractivity contribution in [2.24, 2.45) is 0 Å². The van der Waals surface area contributed by atoms with Crippen LogP contribution in [0, 0.1) is 0 Å². The van der Waals surface area contributed by atoms with Crippen LogP contribution in [0.1, 0.15) is 25.3 Å². The lowest BCUT2D eigenvalue weighted by Gasteiger charge is -2.10. The second-order valence-corrected chi connectivity index (χ2v) is 10.7. The van der Waals surface area contributed by atoms with E-state index in [-0.39, 0.29) is 5.91 Å². The Morgan fingerprint density at radius 2 is 1.83 bits per heavy atom. The molecular formula is C24H25ClF3N3O2S2. The molecule has 11 heteroatoms. The predicted molar refractivity (Wildman–Crippen MR) is 138 cm³/mol. The first-order valence-electron chi connectivity index (χ1n) is 10.7. The molecule has 0 aliphatic carbocycles. The van der Waals surface area contributed by atoms with Crippen LogP contribution in [0.2, 0.25) is 4.34 Å². The largest absolute Gasteiger partial charge is 0.507 e. The summed E-state index contributed by atoms with van der Waals surface area (Å²) in [5.74, 6) is -1.03. The van der Waals surface area contributed by atoms with Gasteiger partial charge >= 0.3 is 6.18 Å². The van der Waals surface area contributed by atoms with Gasteiger partial charge in [0.1, 0.15) is 10.1 Å². The highest BCUT2D eigenvalue weighted by molar-refractivity contribution is 8.02. The normalized spacial score (nSPS) is 13.8. The van der Waals surface area contributed by atoms with Crippen molar-refractivity contribution in [2.45, 2.75) is 30.2 Å². The molecule has 1 aliphatic rings. The lowest BCUT2D eigenvalue weighted by Crippen LogP contribution is -2.10. The molecule has 3 aromatic rings. The Labute approximate surface area is 215 Å². The number of amides is 1. The zero-order chi connectivity index (χ0) is 25.6. The van der Waals surface area contributed by atoms with E-state index >= 15 is 0 Å². The molecule has 2 aromatic carbocycles. The van der Waals surface area contributed by atoms with Crippen LogP contribution in [0.15, 0.2) is 52.7 Å². The Kier molecular flexibility index (Phi) is 9.34. The number of likely N-dealkylation sites (tertiary alicyclic amines) is 1. The maximum Gasteiger partial charge on any atom is 0.419 e. The van der Waals surface area contributed by atoms with E-state index in [0.29, 0.717) is 15.7 Å². The first kappa shape index (κ1) is 27.2. The SMILES string of the molecule is CC(=O)Nc1cccc(-c2cc(SNc3ccc(C(F)(F)F)c(O)c3)sc2Cl)c1.CN1CCCC1. The van der Waals surface area contributed by atoms with E-state index in [1.807, 2.05) is 12.1 Å². The number of hydrogen-bond donors (Lipinski definition) is 3. The average molecular weight is 544 g/mol. The molecule has 0 bridgehead atoms. The number of halogens is 4. The molecule has 1 aliphatic heterocycles. The van der Waals surface area contributed by atoms with E-state index in [1.54, 1.807) is 18.2 Å². The van der Waals surface area contributed by atoms with Gasteiger partial charge in [-0.2, -0.15) is 13.2 Å². The number of carbonyl (C=O) groups is 1. The molecule has 0 radical (unpaired) electrons. The number of nitrogens with zero attached hydrogens (tertiary/aromatic N) is 1. The second-order valence-electron chi connectivity index (χ2n) is 7.96. The highest BCUT2D eigenvalue weighted by atomic mass is 35.5. The van der Waals surface area contributed by atoms with Crippen LogP contribution < -0.4 is 10.0 Å². The second kappa shape index (κ2) is 12.0. The van der Waals surface area contributed by atoms with Crippen molar-refractivity contribution in [2.75, 3.05) is 30.2 Å². The van der Waals surface area contributed by atoms with E-state index in [1.165, 1.54) is 50.3 Å². The third-order valence-electron chi connectivity index (χ3n) is 5.06. The van der Waals surface area contributed by atoms with Crippen LogP contribution in [0.5, 0.6) is 5.75 Å². The van der Waals surface area contributed by atoms with E-state index < -0.39 is 17.5 Å². The molecule has 1 aromatic heterocycles. The Bertz CT molecular complexity index is 1170. The fraction of sp³-hybridized carbons (Fsp3) is 0.292. The lowest BCUT2D eigenvalue weighted by atomic mass is 10.1. The van der Waals surface area contributed by atoms with E-state index in [2.05, 4.69) is 22.0 Å². The number of carbonyl (C=O) groups excluding carboxylic acids is 1. The molecular weight excluding hydrogens is 519 g/mol. The third kappa shape index (κ3) is 8.06. The van der Waals surface area contributed by atoms with Crippen molar-refractivity contribution >= 4 is 52.2 Å². The number of alkyl halides is 3. The minimum absolute atomic E-state index is 0.182. The molecule has 1 fully saturated rings. The van der Waals surface area contributed by atoms with Crippen LogP contribution in [-0.4, -0.2) is 36.1 Å². The van der Waals surface area contributed by atoms with Gasteiger partial charge in [0.15, 0.2) is 0 Å². The standard InChI is InChI=1S/C19H14ClF3N2O2S2.C5H11N/c1-10(26)24-12-4-2-3-11(7-12)14-9-17(28-18(14)20)29-25-13-5-6-15(16(27)8-13)19(21,22)23;1-6-4-2-3-5-6/h2-9,25,27H,1H3,(H,24,26);2-5H2,1H3. The fourth-order valence-corrected chi connectivity index (χ4v) is 5.64. The van der Waals surface area contributed by atoms with Crippen molar-refractivity contribution in [1.82, 2.24) is 4.90 Å². The topological polar surface area (TPSA) is 64.6 Å². The summed E-state index contributed by atoms with van der Waals surface area (Å²) in [6.45, 7) is 4.06. The van der Waals surface area contributed by atoms with E-state index in [4.69, 9.17) is 11.6 Å². The third-order valence-corrected chi connectivity index (χ3v) is 7.37. The maximum atomic E-state index is 12.7. The van der Waals surface area contributed by atoms with Gasteiger partial charge in [0, 0.05) is 29.9 Å². The highest BCUT2D eigenvalue weighted by Crippen LogP contribution is 2.42. The number of phenolic OH excluding ortho intramolecular Hbond substituents is 1. The number of aromatic hydroxyl groups is 1. The van der Waals surface area contributed by atoms with Gasteiger partial charge in [-0.3, -0.25) is 4.79 Å². The van der Waals surface area contributed by atoms with Crippen molar-refractivity contribution in [3.63, 3.8) is 0 Å². The van der Waals surface area contributed by atoms with Crippen molar-refractivity contribution in [1.29, 1.82) is 0 Å². The fourth-order valence-electron chi connectivity index (χ4n) is 3.38. The summed E-state index contributed by atoms with van der Waals surface area (Å²) in [5.41, 5.74) is 1.46. The summed E-state index contributed by atoms with van der Waals surface area (Å²) in [7, 11) is 2.17. The summed E-state index contributed by atoms with van der Waals surface area (Å²) in [6.07, 6.45) is -1.79. The van der Waals surface area contributed by atoms with Crippen LogP contribution in [0.3, 0.4) is 0 Å². The first-order valence-corrected chi connectivity index (χ1v) is 12.7. The van der Waals surface area contributed by atoms with Crippen LogP contribution in [0.4, 0.5) is 24.5 Å². The zero-order valence-corrected chi connectivity index (χ0v) is 21.5. The van der Waals surface area contributed by atoms with Crippen molar-refractivity contribution < 1.29 is 23.1 Å². The molecule has 1 amide bonds. The number of nitrogens with one attached hydrogen (secondary N) is 2. The molecule has 1 saturated heterocycles. The summed E-state index contributed by atoms with van der Waals surface area (Å²) in [6, 6.07) is 12.1. The predicted octanol–water partition coefficient (Wildman–Crippen LogP) is 7.58. The summed E-state index contributed by atoms with van der Waals surface area (Å²) >= 11 is 8.80. The summed E-state index contributed by atoms with van der Waals surface area (Å²) in [5, 5.41) is 12.3. The molecule has 3 N–H and O–H groups in total. The molecule has 0 spiro atoms. The molecule has 4 rings (SSSR count). The number of anilines is 2.